The fourth-order valence-corrected chi connectivity index (χ4v) is 4.54. The first-order valence-electron chi connectivity index (χ1n) is 8.65. The normalized spacial score (nSPS) is 15.0. The highest BCUT2D eigenvalue weighted by Gasteiger charge is 2.27. The number of aromatic nitrogens is 2. The van der Waals surface area contributed by atoms with Crippen molar-refractivity contribution in [1.29, 1.82) is 0 Å². The first-order valence-corrected chi connectivity index (χ1v) is 10.1. The molecule has 8 heteroatoms. The quantitative estimate of drug-likeness (QED) is 0.691. The van der Waals surface area contributed by atoms with Crippen LogP contribution in [-0.2, 0) is 16.4 Å². The molecule has 0 aliphatic heterocycles. The van der Waals surface area contributed by atoms with Crippen molar-refractivity contribution in [3.05, 3.63) is 51.8 Å². The van der Waals surface area contributed by atoms with Crippen molar-refractivity contribution in [2.75, 3.05) is 6.54 Å². The van der Waals surface area contributed by atoms with Crippen molar-refractivity contribution in [1.82, 2.24) is 14.3 Å². The van der Waals surface area contributed by atoms with Gasteiger partial charge in [0.15, 0.2) is 5.58 Å². The smallest absolute Gasteiger partial charge is 0.408 e. The van der Waals surface area contributed by atoms with Gasteiger partial charge in [-0.2, -0.15) is 0 Å². The zero-order valence-corrected chi connectivity index (χ0v) is 15.5. The Morgan fingerprint density at radius 2 is 2.04 bits per heavy atom. The maximum absolute atomic E-state index is 12.5. The lowest BCUT2D eigenvalue weighted by atomic mass is 10.2. The van der Waals surface area contributed by atoms with E-state index in [4.69, 9.17) is 4.42 Å². The number of hydrogen-bond acceptors (Lipinski definition) is 4. The molecular weight excluding hydrogens is 354 g/mol. The molecule has 2 heterocycles. The maximum Gasteiger partial charge on any atom is 0.417 e. The fraction of sp³-hybridized carbons (Fsp3) is 0.389. The Bertz CT molecular complexity index is 1130. The number of nitrogens with zero attached hydrogens (tertiary/aromatic N) is 1. The lowest BCUT2D eigenvalue weighted by Crippen LogP contribution is -2.26. The fourth-order valence-electron chi connectivity index (χ4n) is 3.49. The van der Waals surface area contributed by atoms with E-state index in [1.807, 2.05) is 0 Å². The van der Waals surface area contributed by atoms with Crippen LogP contribution >= 0.6 is 0 Å². The van der Waals surface area contributed by atoms with Crippen molar-refractivity contribution in [3.63, 3.8) is 0 Å². The summed E-state index contributed by atoms with van der Waals surface area (Å²) < 4.78 is 34.9. The lowest BCUT2D eigenvalue weighted by molar-refractivity contribution is 0.553. The first-order chi connectivity index (χ1) is 12.3. The van der Waals surface area contributed by atoms with Gasteiger partial charge in [-0.1, -0.05) is 0 Å². The van der Waals surface area contributed by atoms with Gasteiger partial charge in [0, 0.05) is 30.0 Å². The average molecular weight is 375 g/mol. The highest BCUT2D eigenvalue weighted by molar-refractivity contribution is 7.89. The van der Waals surface area contributed by atoms with Crippen LogP contribution in [0, 0.1) is 13.8 Å². The molecule has 138 valence electrons. The molecule has 0 radical (unpaired) electrons. The minimum atomic E-state index is -3.67. The number of benzene rings is 1. The maximum atomic E-state index is 12.5. The van der Waals surface area contributed by atoms with E-state index in [1.54, 1.807) is 0 Å². The second kappa shape index (κ2) is 6.14. The molecule has 1 aliphatic carbocycles. The zero-order valence-electron chi connectivity index (χ0n) is 14.7. The van der Waals surface area contributed by atoms with Gasteiger partial charge in [0.2, 0.25) is 10.0 Å². The van der Waals surface area contributed by atoms with E-state index in [0.29, 0.717) is 24.5 Å². The van der Waals surface area contributed by atoms with Crippen LogP contribution in [0.25, 0.3) is 11.1 Å². The Labute approximate surface area is 151 Å². The number of hydrogen-bond donors (Lipinski definition) is 2. The average Bonchev–Trinajstić information content (AvgIpc) is 3.26. The molecule has 0 atom stereocenters. The SMILES string of the molecule is Cc1cc(CCNS(=O)(=O)c2ccc3[nH]c(=O)oc3c2)c(C)n1C1CC1. The predicted octanol–water partition coefficient (Wildman–Crippen LogP) is 2.40. The molecule has 0 unspecified atom stereocenters. The number of H-pyrrole nitrogens is 1. The summed E-state index contributed by atoms with van der Waals surface area (Å²) in [7, 11) is -3.67. The predicted molar refractivity (Wildman–Crippen MR) is 97.9 cm³/mol. The van der Waals surface area contributed by atoms with Crippen LogP contribution in [0.4, 0.5) is 0 Å². The van der Waals surface area contributed by atoms with Crippen molar-refractivity contribution in [2.24, 2.45) is 0 Å². The summed E-state index contributed by atoms with van der Waals surface area (Å²) >= 11 is 0. The molecular formula is C18H21N3O4S. The molecule has 1 saturated carbocycles. The highest BCUT2D eigenvalue weighted by atomic mass is 32.2. The second-order valence-electron chi connectivity index (χ2n) is 6.82. The number of rotatable bonds is 6. The van der Waals surface area contributed by atoms with Gasteiger partial charge in [-0.3, -0.25) is 4.98 Å². The minimum Gasteiger partial charge on any atom is -0.408 e. The van der Waals surface area contributed by atoms with Gasteiger partial charge < -0.3 is 8.98 Å². The van der Waals surface area contributed by atoms with Crippen LogP contribution in [0.15, 0.2) is 38.4 Å². The van der Waals surface area contributed by atoms with E-state index in [1.165, 1.54) is 48.0 Å². The van der Waals surface area contributed by atoms with Gasteiger partial charge in [0.25, 0.3) is 0 Å². The van der Waals surface area contributed by atoms with Crippen LogP contribution in [-0.4, -0.2) is 24.5 Å². The van der Waals surface area contributed by atoms with Crippen LogP contribution in [0.2, 0.25) is 0 Å². The van der Waals surface area contributed by atoms with E-state index in [-0.39, 0.29) is 10.5 Å². The number of nitrogens with one attached hydrogen (secondary N) is 2. The number of aromatic amines is 1. The van der Waals surface area contributed by atoms with E-state index in [2.05, 4.69) is 34.2 Å². The van der Waals surface area contributed by atoms with Gasteiger partial charge in [-0.05, 0) is 56.9 Å². The molecule has 1 aromatic carbocycles. The van der Waals surface area contributed by atoms with Crippen LogP contribution in [0.1, 0.15) is 35.8 Å². The molecule has 0 amide bonds. The van der Waals surface area contributed by atoms with Crippen molar-refractivity contribution >= 4 is 21.1 Å². The van der Waals surface area contributed by atoms with Crippen LogP contribution in [0.3, 0.4) is 0 Å². The summed E-state index contributed by atoms with van der Waals surface area (Å²) in [6.07, 6.45) is 3.08. The molecule has 0 saturated heterocycles. The van der Waals surface area contributed by atoms with E-state index in [9.17, 15) is 13.2 Å². The minimum absolute atomic E-state index is 0.0798. The van der Waals surface area contributed by atoms with E-state index < -0.39 is 15.8 Å². The number of oxazole rings is 1. The Balaban J connectivity index is 1.48. The Morgan fingerprint density at radius 1 is 1.27 bits per heavy atom. The summed E-state index contributed by atoms with van der Waals surface area (Å²) in [4.78, 5) is 13.8. The first kappa shape index (κ1) is 17.1. The summed E-state index contributed by atoms with van der Waals surface area (Å²) in [6, 6.07) is 7.09. The van der Waals surface area contributed by atoms with Gasteiger partial charge in [0.1, 0.15) is 0 Å². The Morgan fingerprint density at radius 3 is 2.77 bits per heavy atom. The summed E-state index contributed by atoms with van der Waals surface area (Å²) in [5, 5.41) is 0. The molecule has 26 heavy (non-hydrogen) atoms. The zero-order chi connectivity index (χ0) is 18.5. The molecule has 0 bridgehead atoms. The highest BCUT2D eigenvalue weighted by Crippen LogP contribution is 2.38. The van der Waals surface area contributed by atoms with Crippen molar-refractivity contribution < 1.29 is 12.8 Å². The number of aryl methyl sites for hydroxylation is 1. The van der Waals surface area contributed by atoms with Crippen molar-refractivity contribution in [2.45, 2.75) is 44.0 Å². The molecule has 4 rings (SSSR count). The third-order valence-electron chi connectivity index (χ3n) is 4.89. The third kappa shape index (κ3) is 3.10. The number of fused-ring (bicyclic) bond motifs is 1. The lowest BCUT2D eigenvalue weighted by Gasteiger charge is -2.09. The Hall–Kier alpha value is -2.32. The third-order valence-corrected chi connectivity index (χ3v) is 6.35. The topological polar surface area (TPSA) is 97.1 Å². The Kier molecular flexibility index (Phi) is 4.04. The monoisotopic (exact) mass is 375 g/mol. The van der Waals surface area contributed by atoms with Gasteiger partial charge in [-0.15, -0.1) is 0 Å². The molecule has 2 N–H and O–H groups in total. The molecule has 1 aliphatic rings. The number of sulfonamides is 1. The largest absolute Gasteiger partial charge is 0.417 e. The molecule has 7 nitrogen and oxygen atoms in total. The van der Waals surface area contributed by atoms with E-state index in [0.717, 1.165) is 0 Å². The van der Waals surface area contributed by atoms with Crippen molar-refractivity contribution in [3.8, 4) is 0 Å². The van der Waals surface area contributed by atoms with Gasteiger partial charge in [0.05, 0.1) is 10.4 Å². The molecule has 3 aromatic rings. The standard InChI is InChI=1S/C18H21N3O4S/c1-11-9-13(12(2)21(11)14-3-4-14)7-8-19-26(23,24)15-5-6-16-17(10-15)25-18(22)20-16/h5-6,9-10,14,19H,3-4,7-8H2,1-2H3,(H,20,22). The van der Waals surface area contributed by atoms with E-state index >= 15 is 0 Å². The molecule has 0 spiro atoms. The van der Waals surface area contributed by atoms with Crippen LogP contribution in [0.5, 0.6) is 0 Å². The summed E-state index contributed by atoms with van der Waals surface area (Å²) in [5.74, 6) is -0.603. The summed E-state index contributed by atoms with van der Waals surface area (Å²) in [5.41, 5.74) is 4.33. The summed E-state index contributed by atoms with van der Waals surface area (Å²) in [6.45, 7) is 4.50. The van der Waals surface area contributed by atoms with Crippen LogP contribution < -0.4 is 10.5 Å². The second-order valence-corrected chi connectivity index (χ2v) is 8.58. The molecule has 2 aromatic heterocycles. The van der Waals surface area contributed by atoms with Gasteiger partial charge in [-0.25, -0.2) is 17.9 Å². The van der Waals surface area contributed by atoms with Gasteiger partial charge >= 0.3 is 5.76 Å². The molecule has 1 fully saturated rings.